The third-order valence-electron chi connectivity index (χ3n) is 25.4. The van der Waals surface area contributed by atoms with Gasteiger partial charge in [0.15, 0.2) is 0 Å². The standard InChI is InChI=1S/C99H102N4/c1-92(2,3)61-32-38-64(39-33-61)100(67-44-49-76-73-26-20-23-29-79(73)95(10,11)82(76)54-67)70-47-52-89-85(57-70)98(16,17)87-59-72(102(66-42-36-63(37-43-66)94(7,8)9)69-46-51-78-75-28-22-25-31-81(75)97(14,15)84(78)56-69)60-88-91(87)103(89)90-53-48-71(58-86(90)99(88,18)19)101(65-40-34-62(35-41-65)93(4,5)6)68-45-50-77-74-27-21-24-30-80(74)96(12,13)83(77)55-68/h20-45,47-57,59-60,69,71H,46,58H2,1-19H3. The van der Waals surface area contributed by atoms with Gasteiger partial charge in [0.2, 0.25) is 0 Å². The second-order valence-corrected chi connectivity index (χ2v) is 36.6. The smallest absolute Gasteiger partial charge is 0.0564 e. The van der Waals surface area contributed by atoms with Crippen molar-refractivity contribution in [1.82, 2.24) is 0 Å². The summed E-state index contributed by atoms with van der Waals surface area (Å²) >= 11 is 0. The van der Waals surface area contributed by atoms with Crippen molar-refractivity contribution in [2.24, 2.45) is 0 Å². The molecule has 0 fully saturated rings. The van der Waals surface area contributed by atoms with Crippen LogP contribution in [0.5, 0.6) is 0 Å². The van der Waals surface area contributed by atoms with Crippen LogP contribution in [0.25, 0.3) is 27.8 Å². The van der Waals surface area contributed by atoms with E-state index in [4.69, 9.17) is 0 Å². The van der Waals surface area contributed by atoms with Crippen molar-refractivity contribution in [3.63, 3.8) is 0 Å². The van der Waals surface area contributed by atoms with Gasteiger partial charge >= 0.3 is 0 Å². The Hall–Kier alpha value is -9.64. The zero-order chi connectivity index (χ0) is 72.2. The van der Waals surface area contributed by atoms with E-state index < -0.39 is 10.8 Å². The summed E-state index contributed by atoms with van der Waals surface area (Å²) in [6, 6.07) is 83.2. The maximum absolute atomic E-state index is 2.73. The number of fused-ring (bicyclic) bond motifs is 12. The van der Waals surface area contributed by atoms with Gasteiger partial charge in [-0.05, 0) is 232 Å². The highest BCUT2D eigenvalue weighted by atomic mass is 15.2. The molecule has 518 valence electrons. The Kier molecular flexibility index (Phi) is 14.7. The second kappa shape index (κ2) is 22.7. The Morgan fingerprint density at radius 3 is 1.27 bits per heavy atom. The lowest BCUT2D eigenvalue weighted by Crippen LogP contribution is -2.44. The molecule has 10 aromatic rings. The monoisotopic (exact) mass is 1350 g/mol. The quantitative estimate of drug-likeness (QED) is 0.143. The lowest BCUT2D eigenvalue weighted by atomic mass is 9.64. The Morgan fingerprint density at radius 1 is 0.350 bits per heavy atom. The van der Waals surface area contributed by atoms with Crippen LogP contribution in [0, 0.1) is 0 Å². The third-order valence-corrected chi connectivity index (χ3v) is 25.4. The Morgan fingerprint density at radius 2 is 0.748 bits per heavy atom. The number of anilines is 9. The first-order chi connectivity index (χ1) is 48.7. The fraction of sp³-hybridized carbons (Fsp3) is 0.313. The van der Waals surface area contributed by atoms with Crippen LogP contribution in [0.3, 0.4) is 0 Å². The van der Waals surface area contributed by atoms with E-state index in [1.54, 1.807) is 0 Å². The summed E-state index contributed by atoms with van der Waals surface area (Å²) in [7, 11) is 0. The van der Waals surface area contributed by atoms with E-state index in [1.165, 1.54) is 146 Å². The molecule has 4 heteroatoms. The molecule has 10 aromatic carbocycles. The van der Waals surface area contributed by atoms with Crippen molar-refractivity contribution in [1.29, 1.82) is 0 Å². The Balaban J connectivity index is 0.876. The van der Waals surface area contributed by atoms with Crippen molar-refractivity contribution in [3.05, 3.63) is 320 Å². The lowest BCUT2D eigenvalue weighted by molar-refractivity contribution is 0.539. The molecule has 2 unspecified atom stereocenters. The van der Waals surface area contributed by atoms with Crippen molar-refractivity contribution in [2.75, 3.05) is 19.6 Å². The average Bonchev–Trinajstić information content (AvgIpc) is 1.59. The minimum Gasteiger partial charge on any atom is -0.334 e. The van der Waals surface area contributed by atoms with Crippen LogP contribution in [-0.2, 0) is 43.3 Å². The van der Waals surface area contributed by atoms with Crippen molar-refractivity contribution >= 4 is 56.8 Å². The molecule has 0 N–H and O–H groups in total. The van der Waals surface area contributed by atoms with Crippen molar-refractivity contribution in [2.45, 2.75) is 200 Å². The molecule has 2 heterocycles. The second-order valence-electron chi connectivity index (χ2n) is 36.6. The highest BCUT2D eigenvalue weighted by Gasteiger charge is 2.50. The first-order valence-corrected chi connectivity index (χ1v) is 38.0. The number of hydrogen-bond acceptors (Lipinski definition) is 4. The van der Waals surface area contributed by atoms with E-state index in [9.17, 15) is 0 Å². The van der Waals surface area contributed by atoms with E-state index in [1.807, 2.05) is 0 Å². The molecular weight excluding hydrogens is 1250 g/mol. The molecular formula is C99H102N4. The van der Waals surface area contributed by atoms with Crippen LogP contribution < -0.4 is 19.6 Å². The molecule has 5 aliphatic carbocycles. The fourth-order valence-electron chi connectivity index (χ4n) is 19.3. The molecule has 17 rings (SSSR count). The summed E-state index contributed by atoms with van der Waals surface area (Å²) in [5.41, 5.74) is 36.6. The van der Waals surface area contributed by atoms with E-state index in [-0.39, 0.29) is 44.6 Å². The molecule has 0 bridgehead atoms. The zero-order valence-electron chi connectivity index (χ0n) is 64.4. The largest absolute Gasteiger partial charge is 0.334 e. The van der Waals surface area contributed by atoms with Crippen molar-refractivity contribution in [3.8, 4) is 22.3 Å². The van der Waals surface area contributed by atoms with E-state index in [0.717, 1.165) is 29.9 Å². The van der Waals surface area contributed by atoms with Crippen LogP contribution in [0.15, 0.2) is 253 Å². The van der Waals surface area contributed by atoms with Crippen LogP contribution in [0.1, 0.15) is 211 Å². The van der Waals surface area contributed by atoms with Gasteiger partial charge in [0.1, 0.15) is 0 Å². The van der Waals surface area contributed by atoms with Crippen LogP contribution in [-0.4, -0.2) is 12.1 Å². The minimum absolute atomic E-state index is 0.00229. The molecule has 0 amide bonds. The molecule has 2 atom stereocenters. The summed E-state index contributed by atoms with van der Waals surface area (Å²) in [4.78, 5) is 10.7. The fourth-order valence-corrected chi connectivity index (χ4v) is 19.3. The van der Waals surface area contributed by atoms with E-state index in [2.05, 4.69) is 388 Å². The number of allylic oxidation sites excluding steroid dienone is 3. The Labute approximate surface area is 614 Å². The van der Waals surface area contributed by atoms with Crippen molar-refractivity contribution < 1.29 is 0 Å². The van der Waals surface area contributed by atoms with Gasteiger partial charge in [-0.15, -0.1) is 0 Å². The zero-order valence-corrected chi connectivity index (χ0v) is 64.4. The summed E-state index contributed by atoms with van der Waals surface area (Å²) in [5.74, 6) is 0. The molecule has 7 aliphatic rings. The predicted molar refractivity (Wildman–Crippen MR) is 438 cm³/mol. The first kappa shape index (κ1) is 66.6. The predicted octanol–water partition coefficient (Wildman–Crippen LogP) is 26.4. The highest BCUT2D eigenvalue weighted by molar-refractivity contribution is 5.95. The van der Waals surface area contributed by atoms with Gasteiger partial charge in [0.25, 0.3) is 0 Å². The normalized spacial score (nSPS) is 19.2. The lowest BCUT2D eigenvalue weighted by Gasteiger charge is -2.52. The molecule has 4 nitrogen and oxygen atoms in total. The Bertz CT molecular complexity index is 5300. The van der Waals surface area contributed by atoms with Gasteiger partial charge in [-0.3, -0.25) is 0 Å². The van der Waals surface area contributed by atoms with E-state index >= 15 is 0 Å². The van der Waals surface area contributed by atoms with Crippen LogP contribution in [0.2, 0.25) is 0 Å². The molecule has 0 saturated carbocycles. The number of rotatable bonds is 9. The minimum atomic E-state index is -0.480. The van der Waals surface area contributed by atoms with Gasteiger partial charge in [0, 0.05) is 72.6 Å². The van der Waals surface area contributed by atoms with Gasteiger partial charge < -0.3 is 19.6 Å². The maximum Gasteiger partial charge on any atom is 0.0564 e. The molecule has 0 saturated heterocycles. The maximum atomic E-state index is 2.73. The number of benzene rings is 10. The van der Waals surface area contributed by atoms with Crippen LogP contribution in [0.4, 0.5) is 51.2 Å². The number of hydrogen-bond donors (Lipinski definition) is 0. The van der Waals surface area contributed by atoms with E-state index in [0.29, 0.717) is 0 Å². The summed E-state index contributed by atoms with van der Waals surface area (Å²) in [6.45, 7) is 45.6. The van der Waals surface area contributed by atoms with Gasteiger partial charge in [0.05, 0.1) is 23.5 Å². The number of nitrogens with zero attached hydrogens (tertiary/aromatic N) is 4. The summed E-state index contributed by atoms with van der Waals surface area (Å²) in [5, 5.41) is 0. The molecule has 0 radical (unpaired) electrons. The molecule has 2 aliphatic heterocycles. The van der Waals surface area contributed by atoms with Crippen LogP contribution >= 0.6 is 0 Å². The topological polar surface area (TPSA) is 13.0 Å². The first-order valence-electron chi connectivity index (χ1n) is 38.0. The summed E-state index contributed by atoms with van der Waals surface area (Å²) < 4.78 is 0. The highest BCUT2D eigenvalue weighted by Crippen LogP contribution is 2.63. The van der Waals surface area contributed by atoms with Gasteiger partial charge in [-0.1, -0.05) is 271 Å². The molecule has 0 spiro atoms. The summed E-state index contributed by atoms with van der Waals surface area (Å²) in [6.07, 6.45) is 12.0. The molecule has 0 aromatic heterocycles. The molecule has 103 heavy (non-hydrogen) atoms. The third kappa shape index (κ3) is 10.2. The van der Waals surface area contributed by atoms with Gasteiger partial charge in [-0.25, -0.2) is 0 Å². The average molecular weight is 1350 g/mol. The SMILES string of the molecule is CC(C)(C)c1ccc(N(c2ccc3c(c2)C(C)(C)c2ccccc2-3)c2ccc3c(c2)C(C)(C)c2cc(N(c4ccc(C(C)(C)C)cc4)C4C=C5C(=CC4)c4ccccc4C5(C)C)cc4c2N3C2=C(CC(N(c3ccc(C(C)(C)C)cc3)c3ccc5c(c3)C(C)(C)c3ccccc3-5)C=C2)C4(C)C)cc1. The van der Waals surface area contributed by atoms with Gasteiger partial charge in [-0.2, -0.15) is 0 Å².